The molecule has 0 radical (unpaired) electrons. The maximum absolute atomic E-state index is 2.52. The fourth-order valence-corrected chi connectivity index (χ4v) is 3.72. The Balaban J connectivity index is 2.02. The second-order valence-corrected chi connectivity index (χ2v) is 5.99. The third-order valence-electron chi connectivity index (χ3n) is 4.76. The van der Waals surface area contributed by atoms with Crippen LogP contribution in [0, 0.1) is 6.92 Å². The Hall–Kier alpha value is -1.60. The van der Waals surface area contributed by atoms with Crippen LogP contribution < -0.4 is 0 Å². The van der Waals surface area contributed by atoms with Gasteiger partial charge in [0, 0.05) is 12.6 Å². The molecule has 0 aromatic heterocycles. The molecule has 0 bridgehead atoms. The first-order valence-corrected chi connectivity index (χ1v) is 7.16. The van der Waals surface area contributed by atoms with Gasteiger partial charge in [0.2, 0.25) is 0 Å². The number of hydrogen-bond donors (Lipinski definition) is 0. The summed E-state index contributed by atoms with van der Waals surface area (Å²) in [4.78, 5) is 2.52. The SMILES string of the molecule is Cc1ccc2c(c1)-c1cccc3c1[C@@H](C2)N(C)CC3. The molecule has 1 heteroatoms. The van der Waals surface area contributed by atoms with Crippen LogP contribution in [-0.4, -0.2) is 18.5 Å². The van der Waals surface area contributed by atoms with Crippen LogP contribution in [0.25, 0.3) is 11.1 Å². The Morgan fingerprint density at radius 2 is 1.95 bits per heavy atom. The first kappa shape index (κ1) is 11.2. The average molecular weight is 249 g/mol. The summed E-state index contributed by atoms with van der Waals surface area (Å²) >= 11 is 0. The highest BCUT2D eigenvalue weighted by Crippen LogP contribution is 2.44. The van der Waals surface area contributed by atoms with Gasteiger partial charge in [-0.2, -0.15) is 0 Å². The van der Waals surface area contributed by atoms with E-state index in [2.05, 4.69) is 55.3 Å². The van der Waals surface area contributed by atoms with Gasteiger partial charge < -0.3 is 0 Å². The Morgan fingerprint density at radius 3 is 2.84 bits per heavy atom. The minimum atomic E-state index is 0.579. The molecular formula is C18H19N. The third kappa shape index (κ3) is 1.58. The van der Waals surface area contributed by atoms with Crippen molar-refractivity contribution in [3.8, 4) is 11.1 Å². The van der Waals surface area contributed by atoms with E-state index in [1.807, 2.05) is 0 Å². The highest BCUT2D eigenvalue weighted by atomic mass is 15.1. The number of hydrogen-bond acceptors (Lipinski definition) is 1. The van der Waals surface area contributed by atoms with Crippen LogP contribution in [0.2, 0.25) is 0 Å². The fraction of sp³-hybridized carbons (Fsp3) is 0.333. The van der Waals surface area contributed by atoms with Gasteiger partial charge in [-0.3, -0.25) is 4.90 Å². The van der Waals surface area contributed by atoms with Gasteiger partial charge in [0.1, 0.15) is 0 Å². The van der Waals surface area contributed by atoms with Crippen molar-refractivity contribution in [3.05, 3.63) is 58.7 Å². The van der Waals surface area contributed by atoms with Crippen LogP contribution in [0.1, 0.15) is 28.3 Å². The number of fused-ring (bicyclic) bond motifs is 2. The van der Waals surface area contributed by atoms with Crippen molar-refractivity contribution < 1.29 is 0 Å². The monoisotopic (exact) mass is 249 g/mol. The van der Waals surface area contributed by atoms with Crippen molar-refractivity contribution in [1.82, 2.24) is 4.90 Å². The van der Waals surface area contributed by atoms with E-state index < -0.39 is 0 Å². The van der Waals surface area contributed by atoms with Gasteiger partial charge in [-0.1, -0.05) is 42.0 Å². The topological polar surface area (TPSA) is 3.24 Å². The number of rotatable bonds is 0. The molecular weight excluding hydrogens is 230 g/mol. The summed E-state index contributed by atoms with van der Waals surface area (Å²) in [7, 11) is 2.27. The summed E-state index contributed by atoms with van der Waals surface area (Å²) in [5.41, 5.74) is 8.96. The summed E-state index contributed by atoms with van der Waals surface area (Å²) in [6.45, 7) is 3.37. The molecule has 0 spiro atoms. The average Bonchev–Trinajstić information content (AvgIpc) is 2.43. The Morgan fingerprint density at radius 1 is 1.05 bits per heavy atom. The predicted octanol–water partition coefficient (Wildman–Crippen LogP) is 3.75. The summed E-state index contributed by atoms with van der Waals surface area (Å²) in [5, 5.41) is 0. The second kappa shape index (κ2) is 3.94. The van der Waals surface area contributed by atoms with Crippen molar-refractivity contribution in [2.45, 2.75) is 25.8 Å². The van der Waals surface area contributed by atoms with E-state index in [9.17, 15) is 0 Å². The number of likely N-dealkylation sites (N-methyl/N-ethyl adjacent to an activating group) is 1. The number of nitrogens with zero attached hydrogens (tertiary/aromatic N) is 1. The van der Waals surface area contributed by atoms with E-state index in [-0.39, 0.29) is 0 Å². The standard InChI is InChI=1S/C18H19N/c1-12-6-7-14-11-17-18-13(8-9-19(17)2)4-3-5-15(18)16(14)10-12/h3-7,10,17H,8-9,11H2,1-2H3/t17-/m1/s1. The molecule has 2 aliphatic rings. The van der Waals surface area contributed by atoms with Gasteiger partial charge in [-0.15, -0.1) is 0 Å². The Kier molecular flexibility index (Phi) is 2.33. The molecule has 0 saturated heterocycles. The van der Waals surface area contributed by atoms with Crippen LogP contribution in [-0.2, 0) is 12.8 Å². The van der Waals surface area contributed by atoms with Gasteiger partial charge >= 0.3 is 0 Å². The largest absolute Gasteiger partial charge is 0.299 e. The van der Waals surface area contributed by atoms with Crippen LogP contribution in [0.4, 0.5) is 0 Å². The van der Waals surface area contributed by atoms with E-state index in [1.165, 1.54) is 35.2 Å². The maximum Gasteiger partial charge on any atom is 0.0394 e. The van der Waals surface area contributed by atoms with E-state index in [0.29, 0.717) is 6.04 Å². The lowest BCUT2D eigenvalue weighted by Crippen LogP contribution is -2.35. The molecule has 2 aromatic rings. The van der Waals surface area contributed by atoms with Gasteiger partial charge in [0.15, 0.2) is 0 Å². The summed E-state index contributed by atoms with van der Waals surface area (Å²) in [6.07, 6.45) is 2.35. The Bertz CT molecular complexity index is 657. The van der Waals surface area contributed by atoms with Crippen LogP contribution >= 0.6 is 0 Å². The molecule has 1 atom stereocenters. The second-order valence-electron chi connectivity index (χ2n) is 5.99. The van der Waals surface area contributed by atoms with Gasteiger partial charge in [0.05, 0.1) is 0 Å². The zero-order valence-electron chi connectivity index (χ0n) is 11.6. The van der Waals surface area contributed by atoms with Crippen LogP contribution in [0.5, 0.6) is 0 Å². The minimum absolute atomic E-state index is 0.579. The predicted molar refractivity (Wildman–Crippen MR) is 79.4 cm³/mol. The summed E-state index contributed by atoms with van der Waals surface area (Å²) in [5.74, 6) is 0. The van der Waals surface area contributed by atoms with E-state index in [0.717, 1.165) is 6.42 Å². The van der Waals surface area contributed by atoms with Gasteiger partial charge in [0.25, 0.3) is 0 Å². The molecule has 1 nitrogen and oxygen atoms in total. The normalized spacial score (nSPS) is 20.8. The first-order valence-electron chi connectivity index (χ1n) is 7.16. The molecule has 0 unspecified atom stereocenters. The fourth-order valence-electron chi connectivity index (χ4n) is 3.72. The molecule has 0 amide bonds. The zero-order valence-corrected chi connectivity index (χ0v) is 11.6. The lowest BCUT2D eigenvalue weighted by Gasteiger charge is -2.39. The molecule has 19 heavy (non-hydrogen) atoms. The molecule has 1 heterocycles. The number of benzene rings is 2. The Labute approximate surface area is 114 Å². The highest BCUT2D eigenvalue weighted by molar-refractivity contribution is 5.76. The van der Waals surface area contributed by atoms with Gasteiger partial charge in [-0.05, 0) is 54.6 Å². The molecule has 0 saturated carbocycles. The van der Waals surface area contributed by atoms with Crippen molar-refractivity contribution in [2.75, 3.05) is 13.6 Å². The molecule has 96 valence electrons. The molecule has 2 aromatic carbocycles. The van der Waals surface area contributed by atoms with Crippen molar-refractivity contribution >= 4 is 0 Å². The first-order chi connectivity index (χ1) is 9.24. The molecule has 1 aliphatic carbocycles. The van der Waals surface area contributed by atoms with E-state index >= 15 is 0 Å². The van der Waals surface area contributed by atoms with Crippen LogP contribution in [0.3, 0.4) is 0 Å². The molecule has 0 N–H and O–H groups in total. The third-order valence-corrected chi connectivity index (χ3v) is 4.76. The highest BCUT2D eigenvalue weighted by Gasteiger charge is 2.32. The smallest absolute Gasteiger partial charge is 0.0394 e. The zero-order chi connectivity index (χ0) is 13.0. The molecule has 1 aliphatic heterocycles. The quantitative estimate of drug-likeness (QED) is 0.687. The summed E-state index contributed by atoms with van der Waals surface area (Å²) in [6, 6.07) is 14.4. The summed E-state index contributed by atoms with van der Waals surface area (Å²) < 4.78 is 0. The van der Waals surface area contributed by atoms with Crippen molar-refractivity contribution in [2.24, 2.45) is 0 Å². The minimum Gasteiger partial charge on any atom is -0.299 e. The molecule has 0 fully saturated rings. The lowest BCUT2D eigenvalue weighted by atomic mass is 9.77. The van der Waals surface area contributed by atoms with Crippen LogP contribution in [0.15, 0.2) is 36.4 Å². The lowest BCUT2D eigenvalue weighted by molar-refractivity contribution is 0.228. The van der Waals surface area contributed by atoms with Crippen molar-refractivity contribution in [1.29, 1.82) is 0 Å². The number of aryl methyl sites for hydroxylation is 1. The van der Waals surface area contributed by atoms with Crippen molar-refractivity contribution in [3.63, 3.8) is 0 Å². The molecule has 4 rings (SSSR count). The van der Waals surface area contributed by atoms with Gasteiger partial charge in [-0.25, -0.2) is 0 Å². The van der Waals surface area contributed by atoms with E-state index in [1.54, 1.807) is 11.1 Å². The van der Waals surface area contributed by atoms with E-state index in [4.69, 9.17) is 0 Å². The maximum atomic E-state index is 2.52.